The van der Waals surface area contributed by atoms with Crippen LogP contribution in [0.5, 0.6) is 0 Å². The van der Waals surface area contributed by atoms with Crippen molar-refractivity contribution in [2.75, 3.05) is 44.1 Å². The van der Waals surface area contributed by atoms with Crippen molar-refractivity contribution in [1.82, 2.24) is 59.8 Å². The van der Waals surface area contributed by atoms with Gasteiger partial charge in [0.05, 0.1) is 102 Å². The Kier molecular flexibility index (Phi) is 24.8. The van der Waals surface area contributed by atoms with Gasteiger partial charge in [-0.05, 0) is 154 Å². The number of aromatic nitrogens is 12. The molecule has 0 atom stereocenters. The first-order chi connectivity index (χ1) is 57.2. The number of thiazole rings is 3. The first-order valence-electron chi connectivity index (χ1n) is 34.6. The number of halogens is 12. The lowest BCUT2D eigenvalue weighted by Gasteiger charge is -2.13. The van der Waals surface area contributed by atoms with Crippen LogP contribution in [-0.2, 0) is 30.1 Å². The Labute approximate surface area is 685 Å². The van der Waals surface area contributed by atoms with Gasteiger partial charge in [0.25, 0.3) is 30.1 Å². The molecule has 0 aliphatic heterocycles. The highest BCUT2D eigenvalue weighted by atomic mass is 32.2. The van der Waals surface area contributed by atoms with E-state index in [9.17, 15) is 64.8 Å². The summed E-state index contributed by atoms with van der Waals surface area (Å²) in [6, 6.07) is 29.7. The molecule has 0 aliphatic carbocycles. The molecule has 0 fully saturated rings. The Bertz CT molecular complexity index is 6830. The largest absolute Gasteiger partial charge is 0.368 e. The van der Waals surface area contributed by atoms with Gasteiger partial charge in [0.2, 0.25) is 17.8 Å². The van der Waals surface area contributed by atoms with Crippen LogP contribution >= 0.6 is 34.0 Å². The van der Waals surface area contributed by atoms with Crippen LogP contribution in [0.25, 0.3) is 97.6 Å². The third-order valence-corrected chi connectivity index (χ3v) is 24.5. The molecule has 9 aromatic heterocycles. The van der Waals surface area contributed by atoms with E-state index < -0.39 is 132 Å². The van der Waals surface area contributed by atoms with Gasteiger partial charge in [-0.1, -0.05) is 36.4 Å². The lowest BCUT2D eigenvalue weighted by Crippen LogP contribution is -2.18. The van der Waals surface area contributed by atoms with Gasteiger partial charge in [0, 0.05) is 48.9 Å². The smallest absolute Gasteiger partial charge is 0.267 e. The summed E-state index contributed by atoms with van der Waals surface area (Å²) in [5, 5.41) is 6.71. The van der Waals surface area contributed by atoms with Gasteiger partial charge in [-0.3, -0.25) is 29.1 Å². The quantitative estimate of drug-likeness (QED) is 0.0364. The summed E-state index contributed by atoms with van der Waals surface area (Å²) in [6.07, 6.45) is 7.41. The molecular weight excluding hydrogens is 1710 g/mol. The molecule has 0 radical (unpaired) electrons. The van der Waals surface area contributed by atoms with Crippen LogP contribution in [0.1, 0.15) is 23.6 Å². The second kappa shape index (κ2) is 35.1. The molecule has 15 rings (SSSR count). The van der Waals surface area contributed by atoms with Crippen molar-refractivity contribution in [3.05, 3.63) is 269 Å². The number of pyridine rings is 3. The van der Waals surface area contributed by atoms with Crippen molar-refractivity contribution in [3.8, 4) is 97.6 Å². The Morgan fingerprint density at radius 1 is 0.350 bits per heavy atom. The summed E-state index contributed by atoms with van der Waals surface area (Å²) in [5.74, 6) is -12.1. The fourth-order valence-corrected chi connectivity index (χ4v) is 18.2. The summed E-state index contributed by atoms with van der Waals surface area (Å²) in [6.45, 7) is 6.23. The summed E-state index contributed by atoms with van der Waals surface area (Å²) in [5.41, 5.74) is 5.49. The van der Waals surface area contributed by atoms with Crippen LogP contribution in [-0.4, -0.2) is 98.7 Å². The van der Waals surface area contributed by atoms with Crippen molar-refractivity contribution in [2.24, 2.45) is 0 Å². The zero-order chi connectivity index (χ0) is 85.8. The molecule has 7 N–H and O–H groups in total. The van der Waals surface area contributed by atoms with E-state index in [0.717, 1.165) is 107 Å². The predicted molar refractivity (Wildman–Crippen MR) is 429 cm³/mol. The van der Waals surface area contributed by atoms with E-state index in [-0.39, 0.29) is 73.1 Å². The zero-order valence-corrected chi connectivity index (χ0v) is 66.8. The van der Waals surface area contributed by atoms with Crippen molar-refractivity contribution in [2.45, 2.75) is 42.4 Å². The minimum Gasteiger partial charge on any atom is -0.368 e. The van der Waals surface area contributed by atoms with Gasteiger partial charge in [-0.15, -0.1) is 34.0 Å². The molecule has 42 heteroatoms. The Hall–Kier alpha value is -13.3. The molecule has 0 spiro atoms. The molecule has 612 valence electrons. The lowest BCUT2D eigenvalue weighted by atomic mass is 10.1. The number of nitrogens with two attached hydrogens (primary N) is 1. The number of nitrogen functional groups attached to an aromatic ring is 1. The number of rotatable bonds is 21. The molecule has 0 bridgehead atoms. The van der Waals surface area contributed by atoms with Crippen LogP contribution in [0.3, 0.4) is 0 Å². The maximum Gasteiger partial charge on any atom is 0.267 e. The number of benzene rings is 6. The molecular formula is C78H54F12N18O6S6. The van der Waals surface area contributed by atoms with E-state index in [2.05, 4.69) is 70.4 Å². The number of aryl methyl sites for hydroxylation is 3. The van der Waals surface area contributed by atoms with Gasteiger partial charge >= 0.3 is 0 Å². The maximum atomic E-state index is 16.0. The Morgan fingerprint density at radius 2 is 0.667 bits per heavy atom. The summed E-state index contributed by atoms with van der Waals surface area (Å²) < 4.78 is 258. The van der Waals surface area contributed by atoms with Gasteiger partial charge in [-0.25, -0.2) is 123 Å². The van der Waals surface area contributed by atoms with Crippen LogP contribution in [0, 0.1) is 90.6 Å². The highest BCUT2D eigenvalue weighted by molar-refractivity contribution is 7.93. The van der Waals surface area contributed by atoms with E-state index in [1.165, 1.54) is 118 Å². The van der Waals surface area contributed by atoms with Crippen LogP contribution in [0.15, 0.2) is 197 Å². The number of hydrogen-bond acceptors (Lipinski definition) is 24. The van der Waals surface area contributed by atoms with Gasteiger partial charge in [0.1, 0.15) is 67.4 Å². The Morgan fingerprint density at radius 3 is 0.975 bits per heavy atom. The molecule has 24 nitrogen and oxygen atoms in total. The van der Waals surface area contributed by atoms with Crippen LogP contribution < -0.4 is 30.5 Å². The van der Waals surface area contributed by atoms with E-state index in [1.54, 1.807) is 19.2 Å². The molecule has 0 unspecified atom stereocenters. The number of nitrogens with zero attached hydrogens (tertiary/aromatic N) is 12. The van der Waals surface area contributed by atoms with E-state index >= 15 is 13.2 Å². The molecule has 0 saturated heterocycles. The highest BCUT2D eigenvalue weighted by Gasteiger charge is 2.33. The van der Waals surface area contributed by atoms with Crippen LogP contribution in [0.2, 0.25) is 0 Å². The van der Waals surface area contributed by atoms with E-state index in [0.29, 0.717) is 65.6 Å². The normalized spacial score (nSPS) is 11.5. The number of hydrogen-bond donors (Lipinski definition) is 6. The zero-order valence-electron chi connectivity index (χ0n) is 61.9. The molecule has 15 aromatic rings. The molecule has 6 aromatic carbocycles. The Balaban J connectivity index is 0.000000156. The number of anilines is 6. The fraction of sp³-hybridized carbons (Fsp3) is 0.0769. The van der Waals surface area contributed by atoms with Crippen molar-refractivity contribution < 1.29 is 77.9 Å². The van der Waals surface area contributed by atoms with Gasteiger partial charge in [-0.2, -0.15) is 0 Å². The van der Waals surface area contributed by atoms with Crippen molar-refractivity contribution in [1.29, 1.82) is 0 Å². The highest BCUT2D eigenvalue weighted by Crippen LogP contribution is 2.46. The second-order valence-electron chi connectivity index (χ2n) is 25.1. The molecule has 120 heavy (non-hydrogen) atoms. The average molecular weight is 1760 g/mol. The summed E-state index contributed by atoms with van der Waals surface area (Å²) in [7, 11) is -13.0. The first-order valence-corrected chi connectivity index (χ1v) is 41.5. The fourth-order valence-electron chi connectivity index (χ4n) is 11.3. The maximum absolute atomic E-state index is 16.0. The second-order valence-corrected chi connectivity index (χ2v) is 33.0. The van der Waals surface area contributed by atoms with Crippen molar-refractivity contribution >= 4 is 99.0 Å². The minimum absolute atomic E-state index is 0.0469. The predicted octanol–water partition coefficient (Wildman–Crippen LogP) is 18.0. The van der Waals surface area contributed by atoms with E-state index in [1.807, 2.05) is 21.1 Å². The van der Waals surface area contributed by atoms with Gasteiger partial charge < -0.3 is 16.4 Å². The van der Waals surface area contributed by atoms with Crippen LogP contribution in [0.4, 0.5) is 87.6 Å². The molecule has 0 amide bonds. The third-order valence-electron chi connectivity index (χ3n) is 17.0. The number of nitrogens with one attached hydrogen (secondary N) is 5. The topological polar surface area (TPSA) is 343 Å². The van der Waals surface area contributed by atoms with Gasteiger partial charge in [0.15, 0.2) is 32.1 Å². The molecule has 0 aliphatic rings. The lowest BCUT2D eigenvalue weighted by molar-refractivity contribution is 0.514. The minimum atomic E-state index is -4.87. The number of sulfonamides is 3. The first kappa shape index (κ1) is 84.6. The molecule has 9 heterocycles. The summed E-state index contributed by atoms with van der Waals surface area (Å²) >= 11 is 3.26. The molecule has 0 saturated carbocycles. The summed E-state index contributed by atoms with van der Waals surface area (Å²) in [4.78, 5) is 48.2. The van der Waals surface area contributed by atoms with Crippen molar-refractivity contribution in [3.63, 3.8) is 0 Å². The van der Waals surface area contributed by atoms with E-state index in [4.69, 9.17) is 5.73 Å². The standard InChI is InChI=1S/C27H20F4N6O2S2.C26H18F4N6O2S2.C25H16F4N6O2S2/c1-3-32-27-33-12-11-19(35-27)24-23(36-26(40-24)20-10-8-15(28)13-34-20)16-5-4-6-18(22(16)31)37-41(38,39)25-17(29)9-7-14(2)21(25)30;1-13-6-8-16(28)24(20(13)29)40(37,38)36-17-5-3-4-15(21(17)30)22-23(18-10-11-32-26(31-2)34-18)39-25(35-22)19-9-7-14(27)12-33-19;1-12-5-7-15(27)23(19(12)28)39(36,37)35-16-4-2-3-14(20(16)29)21-22(17-9-10-31-25(30)33-17)38-24(34-21)18-8-6-13(26)11-32-18/h4-13,37H,3H2,1-2H3,(H,32,33,35);3-12,36H,1-2H3,(H,31,32,34);2-11,35H,1H3,(H2,30,31,33). The average Bonchev–Trinajstić information content (AvgIpc) is 1.41. The monoisotopic (exact) mass is 1760 g/mol. The SMILES string of the molecule is CCNc1nccc(-c2sc(-c3ccc(F)cn3)nc2-c2cccc(NS(=O)(=O)c3c(F)ccc(C)c3F)c2F)n1.CNc1nccc(-c2sc(-c3ccc(F)cn3)nc2-c2cccc(NS(=O)(=O)c3c(F)ccc(C)c3F)c2F)n1.Cc1ccc(F)c(S(=O)(=O)Nc2cccc(-c3nc(-c4ccc(F)cn4)sc3-c3ccnc(N)n3)c2F)c1F. The third kappa shape index (κ3) is 18.1.